The summed E-state index contributed by atoms with van der Waals surface area (Å²) in [5.74, 6) is 0. The highest BCUT2D eigenvalue weighted by atomic mass is 32.1. The van der Waals surface area contributed by atoms with Gasteiger partial charge in [0.25, 0.3) is 0 Å². The van der Waals surface area contributed by atoms with Gasteiger partial charge in [-0.05, 0) is 140 Å². The molecule has 0 saturated heterocycles. The van der Waals surface area contributed by atoms with Crippen molar-refractivity contribution in [3.63, 3.8) is 0 Å². The first-order chi connectivity index (χ1) is 34.7. The molecule has 14 rings (SSSR count). The number of para-hydroxylation sites is 2. The van der Waals surface area contributed by atoms with Gasteiger partial charge in [-0.2, -0.15) is 0 Å². The molecule has 70 heavy (non-hydrogen) atoms. The third kappa shape index (κ3) is 6.19. The number of anilines is 6. The Morgan fingerprint density at radius 3 is 1.30 bits per heavy atom. The molecule has 0 radical (unpaired) electrons. The van der Waals surface area contributed by atoms with Crippen molar-refractivity contribution in [3.05, 3.63) is 289 Å². The van der Waals surface area contributed by atoms with Crippen LogP contribution in [0.3, 0.4) is 0 Å². The van der Waals surface area contributed by atoms with E-state index in [0.717, 1.165) is 34.1 Å². The van der Waals surface area contributed by atoms with Crippen LogP contribution in [0.5, 0.6) is 0 Å². The lowest BCUT2D eigenvalue weighted by atomic mass is 9.70. The standard InChI is InChI=1S/C67H44N2S/c1-5-19-45(20-6-1)47-23-17-29-51(41-47)68(49-25-9-3-10-26-49)53-35-37-55-56-38-36-54(69(50-27-11-4-12-28-50)52-30-18-24-48(42-52)46-21-7-2-8-22-46)44-63(56)67(62(55)43-53)60-33-15-13-32-59(60)65-61(67)40-39-58-57-31-14-16-34-64(57)70-66(58)65/h1-44H. The van der Waals surface area contributed by atoms with E-state index < -0.39 is 5.41 Å². The maximum Gasteiger partial charge on any atom is 0.0727 e. The Labute approximate surface area is 412 Å². The molecule has 328 valence electrons. The van der Waals surface area contributed by atoms with Crippen LogP contribution in [-0.4, -0.2) is 0 Å². The van der Waals surface area contributed by atoms with Gasteiger partial charge in [-0.25, -0.2) is 0 Å². The van der Waals surface area contributed by atoms with Gasteiger partial charge in [0.05, 0.1) is 5.41 Å². The molecule has 0 bridgehead atoms. The van der Waals surface area contributed by atoms with Crippen LogP contribution in [0.15, 0.2) is 267 Å². The molecular weight excluding hydrogens is 865 g/mol. The van der Waals surface area contributed by atoms with E-state index in [1.807, 2.05) is 11.3 Å². The first-order valence-electron chi connectivity index (χ1n) is 24.1. The van der Waals surface area contributed by atoms with Crippen molar-refractivity contribution in [1.29, 1.82) is 0 Å². The highest BCUT2D eigenvalue weighted by Gasteiger charge is 2.53. The van der Waals surface area contributed by atoms with Crippen LogP contribution in [-0.2, 0) is 5.41 Å². The number of rotatable bonds is 8. The summed E-state index contributed by atoms with van der Waals surface area (Å²) >= 11 is 1.92. The van der Waals surface area contributed by atoms with Gasteiger partial charge < -0.3 is 9.80 Å². The Kier molecular flexibility index (Phi) is 9.33. The molecule has 0 N–H and O–H groups in total. The quantitative estimate of drug-likeness (QED) is 0.150. The highest BCUT2D eigenvalue weighted by molar-refractivity contribution is 7.26. The topological polar surface area (TPSA) is 6.48 Å². The van der Waals surface area contributed by atoms with E-state index in [1.165, 1.54) is 86.9 Å². The largest absolute Gasteiger partial charge is 0.310 e. The molecule has 2 aliphatic rings. The van der Waals surface area contributed by atoms with Crippen LogP contribution >= 0.6 is 11.3 Å². The number of nitrogens with zero attached hydrogens (tertiary/aromatic N) is 2. The van der Waals surface area contributed by atoms with Crippen molar-refractivity contribution in [2.45, 2.75) is 5.41 Å². The van der Waals surface area contributed by atoms with Crippen LogP contribution in [0.1, 0.15) is 22.3 Å². The molecular formula is C67H44N2S. The fourth-order valence-electron chi connectivity index (χ4n) is 11.7. The minimum Gasteiger partial charge on any atom is -0.310 e. The summed E-state index contributed by atoms with van der Waals surface area (Å²) in [6.45, 7) is 0. The van der Waals surface area contributed by atoms with Crippen molar-refractivity contribution >= 4 is 65.6 Å². The van der Waals surface area contributed by atoms with E-state index in [9.17, 15) is 0 Å². The summed E-state index contributed by atoms with van der Waals surface area (Å²) in [5.41, 5.74) is 21.2. The lowest BCUT2D eigenvalue weighted by Gasteiger charge is -2.33. The Hall–Kier alpha value is -8.76. The second-order valence-corrected chi connectivity index (χ2v) is 19.4. The minimum absolute atomic E-state index is 0.629. The summed E-state index contributed by atoms with van der Waals surface area (Å²) in [7, 11) is 0. The van der Waals surface area contributed by atoms with Crippen molar-refractivity contribution in [2.75, 3.05) is 9.80 Å². The van der Waals surface area contributed by atoms with E-state index in [-0.39, 0.29) is 0 Å². The predicted octanol–water partition coefficient (Wildman–Crippen LogP) is 18.7. The Balaban J connectivity index is 1.04. The number of hydrogen-bond donors (Lipinski definition) is 0. The maximum absolute atomic E-state index is 2.51. The average Bonchev–Trinajstić information content (AvgIpc) is 4.07. The van der Waals surface area contributed by atoms with Gasteiger partial charge in [0.2, 0.25) is 0 Å². The Morgan fingerprint density at radius 2 is 0.729 bits per heavy atom. The summed E-state index contributed by atoms with van der Waals surface area (Å²) in [5, 5.41) is 2.63. The first-order valence-corrected chi connectivity index (χ1v) is 24.9. The van der Waals surface area contributed by atoms with Gasteiger partial charge in [-0.3, -0.25) is 0 Å². The average molecular weight is 909 g/mol. The zero-order chi connectivity index (χ0) is 46.2. The van der Waals surface area contributed by atoms with E-state index in [1.54, 1.807) is 0 Å². The second-order valence-electron chi connectivity index (χ2n) is 18.4. The van der Waals surface area contributed by atoms with E-state index in [2.05, 4.69) is 277 Å². The molecule has 0 saturated carbocycles. The highest BCUT2D eigenvalue weighted by Crippen LogP contribution is 2.65. The third-order valence-electron chi connectivity index (χ3n) is 14.6. The van der Waals surface area contributed by atoms with Gasteiger partial charge in [-0.1, -0.05) is 188 Å². The molecule has 1 heterocycles. The SMILES string of the molecule is c1ccc(-c2cccc(N(c3ccccc3)c3ccc4c(c3)C3(c5cc(N(c6ccccc6)c6cccc(-c7ccccc7)c6)ccc5-4)c4ccccc4-c4c3ccc3c4sc4ccccc43)c2)cc1. The van der Waals surface area contributed by atoms with Crippen LogP contribution in [0.2, 0.25) is 0 Å². The normalized spacial score (nSPS) is 12.7. The molecule has 1 spiro atoms. The molecule has 11 aromatic carbocycles. The monoisotopic (exact) mass is 908 g/mol. The molecule has 2 aliphatic carbocycles. The van der Waals surface area contributed by atoms with Gasteiger partial charge in [0, 0.05) is 59.9 Å². The van der Waals surface area contributed by atoms with Gasteiger partial charge >= 0.3 is 0 Å². The summed E-state index contributed by atoms with van der Waals surface area (Å²) < 4.78 is 2.66. The summed E-state index contributed by atoms with van der Waals surface area (Å²) in [4.78, 5) is 4.87. The van der Waals surface area contributed by atoms with Crippen LogP contribution in [0.4, 0.5) is 34.1 Å². The lowest BCUT2D eigenvalue weighted by Crippen LogP contribution is -2.26. The first kappa shape index (κ1) is 40.3. The van der Waals surface area contributed by atoms with Gasteiger partial charge in [0.15, 0.2) is 0 Å². The molecule has 1 aromatic heterocycles. The molecule has 12 aromatic rings. The van der Waals surface area contributed by atoms with Crippen molar-refractivity contribution in [2.24, 2.45) is 0 Å². The molecule has 0 atom stereocenters. The van der Waals surface area contributed by atoms with E-state index in [4.69, 9.17) is 0 Å². The second kappa shape index (κ2) is 16.2. The zero-order valence-corrected chi connectivity index (χ0v) is 39.0. The van der Waals surface area contributed by atoms with Crippen LogP contribution < -0.4 is 9.80 Å². The molecule has 2 nitrogen and oxygen atoms in total. The van der Waals surface area contributed by atoms with Gasteiger partial charge in [-0.15, -0.1) is 11.3 Å². The number of benzene rings is 11. The molecule has 0 fully saturated rings. The van der Waals surface area contributed by atoms with Crippen LogP contribution in [0, 0.1) is 0 Å². The number of hydrogen-bond acceptors (Lipinski definition) is 3. The summed E-state index contributed by atoms with van der Waals surface area (Å²) in [6.07, 6.45) is 0. The maximum atomic E-state index is 2.51. The number of thiophene rings is 1. The molecule has 0 aliphatic heterocycles. The smallest absolute Gasteiger partial charge is 0.0727 e. The zero-order valence-electron chi connectivity index (χ0n) is 38.2. The minimum atomic E-state index is -0.629. The lowest BCUT2D eigenvalue weighted by molar-refractivity contribution is 0.794. The molecule has 0 amide bonds. The fourth-order valence-corrected chi connectivity index (χ4v) is 12.9. The fraction of sp³-hybridized carbons (Fsp3) is 0.0149. The van der Waals surface area contributed by atoms with Gasteiger partial charge in [0.1, 0.15) is 0 Å². The summed E-state index contributed by atoms with van der Waals surface area (Å²) in [6, 6.07) is 98.5. The Morgan fingerprint density at radius 1 is 0.271 bits per heavy atom. The molecule has 0 unspecified atom stereocenters. The van der Waals surface area contributed by atoms with Crippen molar-refractivity contribution in [1.82, 2.24) is 0 Å². The predicted molar refractivity (Wildman–Crippen MR) is 296 cm³/mol. The Bertz CT molecular complexity index is 3780. The number of fused-ring (bicyclic) bond motifs is 14. The van der Waals surface area contributed by atoms with E-state index >= 15 is 0 Å². The van der Waals surface area contributed by atoms with Crippen molar-refractivity contribution in [3.8, 4) is 44.5 Å². The van der Waals surface area contributed by atoms with Crippen LogP contribution in [0.25, 0.3) is 64.7 Å². The third-order valence-corrected chi connectivity index (χ3v) is 15.8. The molecule has 3 heteroatoms. The van der Waals surface area contributed by atoms with Crippen molar-refractivity contribution < 1.29 is 0 Å². The van der Waals surface area contributed by atoms with E-state index in [0.29, 0.717) is 0 Å².